The molecule has 0 aromatic carbocycles. The second-order valence-corrected chi connectivity index (χ2v) is 5.31. The standard InChI is InChI=1S/C14H20/c1-2-4-12(5-3-1)14-10-11-6-8-13(14)9-7-11/h2,4,6,8,11-14H,1,3,5,7,9-10H2. The molecule has 1 saturated carbocycles. The average Bonchev–Trinajstić information content (AvgIpc) is 2.32. The smallest absolute Gasteiger partial charge is 0.0199 e. The van der Waals surface area contributed by atoms with Gasteiger partial charge in [0.2, 0.25) is 0 Å². The second kappa shape index (κ2) is 3.56. The van der Waals surface area contributed by atoms with Crippen LogP contribution in [0.2, 0.25) is 0 Å². The Labute approximate surface area is 87.1 Å². The van der Waals surface area contributed by atoms with Crippen molar-refractivity contribution >= 4 is 0 Å². The predicted octanol–water partition coefficient (Wildman–Crippen LogP) is 3.95. The molecule has 0 N–H and O–H groups in total. The van der Waals surface area contributed by atoms with Crippen molar-refractivity contribution in [2.75, 3.05) is 0 Å². The molecule has 0 radical (unpaired) electrons. The van der Waals surface area contributed by atoms with E-state index in [9.17, 15) is 0 Å². The maximum atomic E-state index is 2.52. The summed E-state index contributed by atoms with van der Waals surface area (Å²) in [7, 11) is 0. The first-order valence-electron chi connectivity index (χ1n) is 6.28. The molecule has 1 fully saturated rings. The number of fused-ring (bicyclic) bond motifs is 2. The highest BCUT2D eigenvalue weighted by molar-refractivity contribution is 5.10. The normalized spacial score (nSPS) is 45.7. The first-order valence-corrected chi connectivity index (χ1v) is 6.28. The first-order chi connectivity index (χ1) is 6.93. The van der Waals surface area contributed by atoms with Crippen LogP contribution in [0.1, 0.15) is 38.5 Å². The van der Waals surface area contributed by atoms with Gasteiger partial charge >= 0.3 is 0 Å². The number of rotatable bonds is 1. The van der Waals surface area contributed by atoms with Crippen LogP contribution in [0, 0.1) is 23.7 Å². The van der Waals surface area contributed by atoms with E-state index in [1.54, 1.807) is 0 Å². The molecule has 0 spiro atoms. The predicted molar refractivity (Wildman–Crippen MR) is 59.9 cm³/mol. The zero-order chi connectivity index (χ0) is 9.38. The minimum absolute atomic E-state index is 0.918. The molecule has 76 valence electrons. The average molecular weight is 188 g/mol. The summed E-state index contributed by atoms with van der Waals surface area (Å²) in [6, 6.07) is 0. The summed E-state index contributed by atoms with van der Waals surface area (Å²) >= 11 is 0. The molecule has 4 aliphatic carbocycles. The minimum atomic E-state index is 0.918. The Morgan fingerprint density at radius 1 is 0.857 bits per heavy atom. The molecule has 4 aliphatic rings. The lowest BCUT2D eigenvalue weighted by molar-refractivity contribution is 0.165. The van der Waals surface area contributed by atoms with Gasteiger partial charge in [0.05, 0.1) is 0 Å². The monoisotopic (exact) mass is 188 g/mol. The highest BCUT2D eigenvalue weighted by Crippen LogP contribution is 2.45. The lowest BCUT2D eigenvalue weighted by Gasteiger charge is -2.42. The molecule has 2 bridgehead atoms. The van der Waals surface area contributed by atoms with Crippen molar-refractivity contribution in [3.8, 4) is 0 Å². The summed E-state index contributed by atoms with van der Waals surface area (Å²) in [5.74, 6) is 3.77. The molecule has 0 heterocycles. The van der Waals surface area contributed by atoms with Crippen molar-refractivity contribution in [2.24, 2.45) is 23.7 Å². The molecule has 4 atom stereocenters. The summed E-state index contributed by atoms with van der Waals surface area (Å²) in [5.41, 5.74) is 0. The number of allylic oxidation sites excluding steroid dienone is 4. The van der Waals surface area contributed by atoms with Gasteiger partial charge in [-0.25, -0.2) is 0 Å². The maximum Gasteiger partial charge on any atom is -0.0199 e. The molecule has 4 unspecified atom stereocenters. The lowest BCUT2D eigenvalue weighted by Crippen LogP contribution is -2.32. The van der Waals surface area contributed by atoms with Crippen molar-refractivity contribution < 1.29 is 0 Å². The van der Waals surface area contributed by atoms with E-state index in [-0.39, 0.29) is 0 Å². The van der Waals surface area contributed by atoms with Gasteiger partial charge in [-0.2, -0.15) is 0 Å². The third kappa shape index (κ3) is 1.45. The van der Waals surface area contributed by atoms with E-state index in [1.165, 1.54) is 38.5 Å². The Morgan fingerprint density at radius 2 is 1.79 bits per heavy atom. The fourth-order valence-electron chi connectivity index (χ4n) is 3.66. The molecule has 4 rings (SSSR count). The third-order valence-corrected chi connectivity index (χ3v) is 4.47. The third-order valence-electron chi connectivity index (χ3n) is 4.47. The largest absolute Gasteiger partial charge is 0.0882 e. The van der Waals surface area contributed by atoms with Gasteiger partial charge in [0.1, 0.15) is 0 Å². The highest BCUT2D eigenvalue weighted by Gasteiger charge is 2.35. The Balaban J connectivity index is 1.76. The zero-order valence-corrected chi connectivity index (χ0v) is 8.86. The van der Waals surface area contributed by atoms with Gasteiger partial charge in [-0.05, 0) is 62.2 Å². The summed E-state index contributed by atoms with van der Waals surface area (Å²) in [5, 5.41) is 0. The Kier molecular flexibility index (Phi) is 2.23. The lowest BCUT2D eigenvalue weighted by atomic mass is 9.63. The van der Waals surface area contributed by atoms with Gasteiger partial charge in [0.15, 0.2) is 0 Å². The van der Waals surface area contributed by atoms with Gasteiger partial charge in [-0.15, -0.1) is 0 Å². The number of hydrogen-bond donors (Lipinski definition) is 0. The minimum Gasteiger partial charge on any atom is -0.0882 e. The van der Waals surface area contributed by atoms with Crippen molar-refractivity contribution in [3.63, 3.8) is 0 Å². The zero-order valence-electron chi connectivity index (χ0n) is 8.86. The van der Waals surface area contributed by atoms with Crippen LogP contribution in [0.4, 0.5) is 0 Å². The molecule has 0 heteroatoms. The van der Waals surface area contributed by atoms with Gasteiger partial charge in [-0.3, -0.25) is 0 Å². The summed E-state index contributed by atoms with van der Waals surface area (Å²) in [6.45, 7) is 0. The molecular formula is C14H20. The van der Waals surface area contributed by atoms with E-state index >= 15 is 0 Å². The van der Waals surface area contributed by atoms with E-state index in [2.05, 4.69) is 24.3 Å². The van der Waals surface area contributed by atoms with Gasteiger partial charge < -0.3 is 0 Å². The molecule has 0 aliphatic heterocycles. The van der Waals surface area contributed by atoms with Crippen LogP contribution in [-0.2, 0) is 0 Å². The van der Waals surface area contributed by atoms with E-state index in [1.807, 2.05) is 0 Å². The number of hydrogen-bond acceptors (Lipinski definition) is 0. The van der Waals surface area contributed by atoms with E-state index in [0.717, 1.165) is 23.7 Å². The molecular weight excluding hydrogens is 168 g/mol. The first kappa shape index (κ1) is 8.76. The SMILES string of the molecule is C1=CC(C2CC3C=CC2CC3)CCC1. The molecule has 0 nitrogen and oxygen atoms in total. The van der Waals surface area contributed by atoms with E-state index in [4.69, 9.17) is 0 Å². The molecule has 0 saturated heterocycles. The van der Waals surface area contributed by atoms with Crippen molar-refractivity contribution in [1.29, 1.82) is 0 Å². The topological polar surface area (TPSA) is 0 Å². The van der Waals surface area contributed by atoms with Crippen LogP contribution in [-0.4, -0.2) is 0 Å². The van der Waals surface area contributed by atoms with Gasteiger partial charge in [-0.1, -0.05) is 24.3 Å². The molecule has 0 aromatic rings. The molecule has 0 aromatic heterocycles. The fourth-order valence-corrected chi connectivity index (χ4v) is 3.66. The van der Waals surface area contributed by atoms with E-state index < -0.39 is 0 Å². The Bertz CT molecular complexity index is 261. The summed E-state index contributed by atoms with van der Waals surface area (Å²) < 4.78 is 0. The Hall–Kier alpha value is -0.520. The van der Waals surface area contributed by atoms with Crippen LogP contribution in [0.15, 0.2) is 24.3 Å². The fraction of sp³-hybridized carbons (Fsp3) is 0.714. The molecule has 0 amide bonds. The van der Waals surface area contributed by atoms with Crippen molar-refractivity contribution in [1.82, 2.24) is 0 Å². The van der Waals surface area contributed by atoms with Gasteiger partial charge in [0, 0.05) is 0 Å². The highest BCUT2D eigenvalue weighted by atomic mass is 14.4. The second-order valence-electron chi connectivity index (χ2n) is 5.31. The van der Waals surface area contributed by atoms with Crippen LogP contribution in [0.3, 0.4) is 0 Å². The van der Waals surface area contributed by atoms with Crippen LogP contribution < -0.4 is 0 Å². The summed E-state index contributed by atoms with van der Waals surface area (Å²) in [4.78, 5) is 0. The van der Waals surface area contributed by atoms with Crippen LogP contribution in [0.5, 0.6) is 0 Å². The maximum absolute atomic E-state index is 2.52. The van der Waals surface area contributed by atoms with Crippen molar-refractivity contribution in [2.45, 2.75) is 38.5 Å². The van der Waals surface area contributed by atoms with Crippen molar-refractivity contribution in [3.05, 3.63) is 24.3 Å². The Morgan fingerprint density at radius 3 is 2.36 bits per heavy atom. The van der Waals surface area contributed by atoms with Gasteiger partial charge in [0.25, 0.3) is 0 Å². The molecule has 14 heavy (non-hydrogen) atoms. The van der Waals surface area contributed by atoms with Crippen LogP contribution >= 0.6 is 0 Å². The summed E-state index contributed by atoms with van der Waals surface area (Å²) in [6.07, 6.45) is 18.6. The van der Waals surface area contributed by atoms with Crippen LogP contribution in [0.25, 0.3) is 0 Å². The van der Waals surface area contributed by atoms with E-state index in [0.29, 0.717) is 0 Å². The quantitative estimate of drug-likeness (QED) is 0.547.